The SMILES string of the molecule is CCCN1C(=O)C2CC2(c2ccc(Cl)c(Cl)c2)C1=O. The monoisotopic (exact) mass is 297 g/mol. The Labute approximate surface area is 121 Å². The first-order valence-electron chi connectivity index (χ1n) is 6.33. The molecule has 100 valence electrons. The second-order valence-corrected chi connectivity index (χ2v) is 5.97. The van der Waals surface area contributed by atoms with Crippen LogP contribution in [-0.4, -0.2) is 23.3 Å². The van der Waals surface area contributed by atoms with Crippen molar-refractivity contribution in [1.29, 1.82) is 0 Å². The normalized spacial score (nSPS) is 28.8. The van der Waals surface area contributed by atoms with Crippen LogP contribution in [-0.2, 0) is 15.0 Å². The van der Waals surface area contributed by atoms with Crippen LogP contribution in [0.4, 0.5) is 0 Å². The van der Waals surface area contributed by atoms with Gasteiger partial charge in [-0.3, -0.25) is 14.5 Å². The summed E-state index contributed by atoms with van der Waals surface area (Å²) < 4.78 is 0. The minimum atomic E-state index is -0.666. The fraction of sp³-hybridized carbons (Fsp3) is 0.429. The third kappa shape index (κ3) is 1.65. The number of fused-ring (bicyclic) bond motifs is 1. The Morgan fingerprint density at radius 3 is 2.68 bits per heavy atom. The topological polar surface area (TPSA) is 37.4 Å². The van der Waals surface area contributed by atoms with Crippen molar-refractivity contribution in [3.8, 4) is 0 Å². The number of hydrogen-bond donors (Lipinski definition) is 0. The van der Waals surface area contributed by atoms with Crippen molar-refractivity contribution >= 4 is 35.0 Å². The van der Waals surface area contributed by atoms with Gasteiger partial charge in [-0.15, -0.1) is 0 Å². The van der Waals surface area contributed by atoms with Gasteiger partial charge in [0.05, 0.1) is 21.4 Å². The first-order chi connectivity index (χ1) is 9.02. The molecule has 1 aliphatic heterocycles. The lowest BCUT2D eigenvalue weighted by molar-refractivity contribution is -0.141. The lowest BCUT2D eigenvalue weighted by Crippen LogP contribution is -2.36. The molecule has 1 aliphatic carbocycles. The van der Waals surface area contributed by atoms with E-state index in [1.54, 1.807) is 18.2 Å². The molecule has 3 rings (SSSR count). The molecule has 0 bridgehead atoms. The van der Waals surface area contributed by atoms with Gasteiger partial charge in [-0.05, 0) is 30.5 Å². The quantitative estimate of drug-likeness (QED) is 0.804. The van der Waals surface area contributed by atoms with E-state index in [0.717, 1.165) is 12.0 Å². The third-order valence-electron chi connectivity index (χ3n) is 4.03. The zero-order valence-electron chi connectivity index (χ0n) is 10.5. The highest BCUT2D eigenvalue weighted by Crippen LogP contribution is 2.60. The summed E-state index contributed by atoms with van der Waals surface area (Å²) in [5.74, 6) is -0.329. The summed E-state index contributed by atoms with van der Waals surface area (Å²) in [6.45, 7) is 2.45. The summed E-state index contributed by atoms with van der Waals surface area (Å²) in [7, 11) is 0. The number of imide groups is 1. The van der Waals surface area contributed by atoms with Crippen LogP contribution in [0, 0.1) is 5.92 Å². The van der Waals surface area contributed by atoms with Gasteiger partial charge in [0.2, 0.25) is 11.8 Å². The molecule has 3 nitrogen and oxygen atoms in total. The van der Waals surface area contributed by atoms with E-state index in [1.165, 1.54) is 4.90 Å². The number of benzene rings is 1. The molecule has 0 radical (unpaired) electrons. The molecular formula is C14H13Cl2NO2. The molecule has 2 aliphatic rings. The van der Waals surface area contributed by atoms with Gasteiger partial charge >= 0.3 is 0 Å². The maximum atomic E-state index is 12.5. The molecule has 2 unspecified atom stereocenters. The number of amides is 2. The van der Waals surface area contributed by atoms with E-state index >= 15 is 0 Å². The predicted octanol–water partition coefficient (Wildman–Crippen LogP) is 3.03. The average molecular weight is 298 g/mol. The number of carbonyl (C=O) groups is 2. The maximum absolute atomic E-state index is 12.5. The van der Waals surface area contributed by atoms with Gasteiger partial charge in [0.25, 0.3) is 0 Å². The molecule has 0 N–H and O–H groups in total. The van der Waals surface area contributed by atoms with Crippen molar-refractivity contribution in [3.05, 3.63) is 33.8 Å². The van der Waals surface area contributed by atoms with Crippen LogP contribution in [0.1, 0.15) is 25.3 Å². The first kappa shape index (κ1) is 12.9. The molecule has 0 aromatic heterocycles. The summed E-state index contributed by atoms with van der Waals surface area (Å²) in [6, 6.07) is 5.20. The highest BCUT2D eigenvalue weighted by Gasteiger charge is 2.72. The van der Waals surface area contributed by atoms with Crippen LogP contribution in [0.15, 0.2) is 18.2 Å². The second-order valence-electron chi connectivity index (χ2n) is 5.15. The fourth-order valence-electron chi connectivity index (χ4n) is 2.98. The lowest BCUT2D eigenvalue weighted by atomic mass is 9.94. The minimum Gasteiger partial charge on any atom is -0.282 e. The molecule has 1 aromatic rings. The van der Waals surface area contributed by atoms with Gasteiger partial charge in [0, 0.05) is 6.54 Å². The number of halogens is 2. The third-order valence-corrected chi connectivity index (χ3v) is 4.77. The molecule has 0 spiro atoms. The maximum Gasteiger partial charge on any atom is 0.240 e. The largest absolute Gasteiger partial charge is 0.282 e. The highest BCUT2D eigenvalue weighted by molar-refractivity contribution is 6.42. The van der Waals surface area contributed by atoms with Crippen molar-refractivity contribution in [3.63, 3.8) is 0 Å². The van der Waals surface area contributed by atoms with E-state index in [4.69, 9.17) is 23.2 Å². The zero-order valence-corrected chi connectivity index (χ0v) is 12.0. The number of piperidine rings is 1. The van der Waals surface area contributed by atoms with E-state index in [1.807, 2.05) is 6.92 Å². The van der Waals surface area contributed by atoms with Crippen LogP contribution in [0.3, 0.4) is 0 Å². The smallest absolute Gasteiger partial charge is 0.240 e. The van der Waals surface area contributed by atoms with Gasteiger partial charge in [-0.25, -0.2) is 0 Å². The van der Waals surface area contributed by atoms with Crippen molar-refractivity contribution in [2.45, 2.75) is 25.2 Å². The van der Waals surface area contributed by atoms with Gasteiger partial charge in [0.1, 0.15) is 0 Å². The Hall–Kier alpha value is -1.06. The van der Waals surface area contributed by atoms with Crippen LogP contribution in [0.2, 0.25) is 10.0 Å². The van der Waals surface area contributed by atoms with Crippen molar-refractivity contribution < 1.29 is 9.59 Å². The Kier molecular flexibility index (Phi) is 2.88. The lowest BCUT2D eigenvalue weighted by Gasteiger charge is -2.19. The van der Waals surface area contributed by atoms with E-state index in [-0.39, 0.29) is 17.7 Å². The van der Waals surface area contributed by atoms with Gasteiger partial charge in [-0.1, -0.05) is 36.2 Å². The van der Waals surface area contributed by atoms with E-state index in [0.29, 0.717) is 23.0 Å². The minimum absolute atomic E-state index is 0.0436. The standard InChI is InChI=1S/C14H13Cl2NO2/c1-2-5-17-12(18)9-7-14(9,13(17)19)8-3-4-10(15)11(16)6-8/h3-4,6,9H,2,5,7H2,1H3. The molecular weight excluding hydrogens is 285 g/mol. The van der Waals surface area contributed by atoms with Crippen LogP contribution < -0.4 is 0 Å². The molecule has 1 aromatic carbocycles. The zero-order chi connectivity index (χ0) is 13.8. The Balaban J connectivity index is 2.00. The summed E-state index contributed by atoms with van der Waals surface area (Å²) in [6.07, 6.45) is 1.38. The number of rotatable bonds is 3. The average Bonchev–Trinajstić information content (AvgIpc) is 3.10. The van der Waals surface area contributed by atoms with Crippen molar-refractivity contribution in [1.82, 2.24) is 4.90 Å². The van der Waals surface area contributed by atoms with Crippen LogP contribution >= 0.6 is 23.2 Å². The molecule has 1 saturated heterocycles. The van der Waals surface area contributed by atoms with E-state index in [2.05, 4.69) is 0 Å². The Morgan fingerprint density at radius 2 is 2.05 bits per heavy atom. The summed E-state index contributed by atoms with van der Waals surface area (Å²) in [5, 5.41) is 0.884. The van der Waals surface area contributed by atoms with E-state index < -0.39 is 5.41 Å². The van der Waals surface area contributed by atoms with Gasteiger partial charge < -0.3 is 0 Å². The molecule has 1 heterocycles. The van der Waals surface area contributed by atoms with Crippen LogP contribution in [0.25, 0.3) is 0 Å². The van der Waals surface area contributed by atoms with Gasteiger partial charge in [-0.2, -0.15) is 0 Å². The van der Waals surface area contributed by atoms with Crippen molar-refractivity contribution in [2.24, 2.45) is 5.92 Å². The molecule has 2 fully saturated rings. The molecule has 1 saturated carbocycles. The summed E-state index contributed by atoms with van der Waals surface area (Å²) in [5.41, 5.74) is 0.143. The molecule has 5 heteroatoms. The number of likely N-dealkylation sites (tertiary alicyclic amines) is 1. The Morgan fingerprint density at radius 1 is 1.32 bits per heavy atom. The predicted molar refractivity (Wildman–Crippen MR) is 73.3 cm³/mol. The van der Waals surface area contributed by atoms with Crippen LogP contribution in [0.5, 0.6) is 0 Å². The number of hydrogen-bond acceptors (Lipinski definition) is 2. The van der Waals surface area contributed by atoms with E-state index in [9.17, 15) is 9.59 Å². The summed E-state index contributed by atoms with van der Waals surface area (Å²) >= 11 is 11.9. The van der Waals surface area contributed by atoms with Crippen molar-refractivity contribution in [2.75, 3.05) is 6.54 Å². The number of nitrogens with zero attached hydrogens (tertiary/aromatic N) is 1. The first-order valence-corrected chi connectivity index (χ1v) is 7.09. The van der Waals surface area contributed by atoms with Gasteiger partial charge in [0.15, 0.2) is 0 Å². The molecule has 19 heavy (non-hydrogen) atoms. The number of carbonyl (C=O) groups excluding carboxylic acids is 2. The molecule has 2 amide bonds. The Bertz CT molecular complexity index is 587. The molecule has 2 atom stereocenters. The summed E-state index contributed by atoms with van der Waals surface area (Å²) in [4.78, 5) is 26.0. The highest BCUT2D eigenvalue weighted by atomic mass is 35.5. The second kappa shape index (κ2) is 4.22. The fourth-order valence-corrected chi connectivity index (χ4v) is 3.28.